The van der Waals surface area contributed by atoms with Gasteiger partial charge < -0.3 is 4.90 Å². The number of aryl methyl sites for hydroxylation is 1. The SMILES string of the molecule is Cc1ccccc1C1CCN(C(=O)c2ccccc2Br)CCS1. The first-order valence-corrected chi connectivity index (χ1v) is 9.72. The van der Waals surface area contributed by atoms with E-state index < -0.39 is 0 Å². The van der Waals surface area contributed by atoms with Gasteiger partial charge in [-0.1, -0.05) is 36.4 Å². The smallest absolute Gasteiger partial charge is 0.255 e. The summed E-state index contributed by atoms with van der Waals surface area (Å²) >= 11 is 5.45. The Morgan fingerprint density at radius 1 is 1.13 bits per heavy atom. The number of halogens is 1. The lowest BCUT2D eigenvalue weighted by Gasteiger charge is -2.21. The van der Waals surface area contributed by atoms with Crippen molar-refractivity contribution in [3.8, 4) is 0 Å². The van der Waals surface area contributed by atoms with Gasteiger partial charge in [-0.2, -0.15) is 11.8 Å². The zero-order valence-corrected chi connectivity index (χ0v) is 15.6. The van der Waals surface area contributed by atoms with Gasteiger partial charge in [0.05, 0.1) is 5.56 Å². The molecule has 1 aliphatic heterocycles. The Labute approximate surface area is 150 Å². The predicted octanol–water partition coefficient (Wildman–Crippen LogP) is 5.08. The van der Waals surface area contributed by atoms with E-state index in [4.69, 9.17) is 0 Å². The number of benzene rings is 2. The lowest BCUT2D eigenvalue weighted by Crippen LogP contribution is -2.33. The second kappa shape index (κ2) is 7.54. The minimum absolute atomic E-state index is 0.128. The van der Waals surface area contributed by atoms with Crippen molar-refractivity contribution in [3.63, 3.8) is 0 Å². The standard InChI is InChI=1S/C19H20BrNOS/c1-14-6-2-3-7-15(14)18-10-11-21(12-13-23-18)19(22)16-8-4-5-9-17(16)20/h2-9,18H,10-13H2,1H3. The number of nitrogens with zero attached hydrogens (tertiary/aromatic N) is 1. The van der Waals surface area contributed by atoms with E-state index in [0.29, 0.717) is 5.25 Å². The molecule has 2 aromatic carbocycles. The van der Waals surface area contributed by atoms with Crippen LogP contribution < -0.4 is 0 Å². The van der Waals surface area contributed by atoms with E-state index >= 15 is 0 Å². The van der Waals surface area contributed by atoms with Gasteiger partial charge in [-0.05, 0) is 52.5 Å². The Morgan fingerprint density at radius 3 is 2.65 bits per heavy atom. The van der Waals surface area contributed by atoms with Crippen molar-refractivity contribution in [2.45, 2.75) is 18.6 Å². The van der Waals surface area contributed by atoms with E-state index in [9.17, 15) is 4.79 Å². The van der Waals surface area contributed by atoms with Crippen molar-refractivity contribution in [1.29, 1.82) is 0 Å². The van der Waals surface area contributed by atoms with Crippen molar-refractivity contribution in [2.75, 3.05) is 18.8 Å². The molecule has 120 valence electrons. The normalized spacial score (nSPS) is 18.5. The fraction of sp³-hybridized carbons (Fsp3) is 0.316. The largest absolute Gasteiger partial charge is 0.338 e. The van der Waals surface area contributed by atoms with Gasteiger partial charge in [0.15, 0.2) is 0 Å². The van der Waals surface area contributed by atoms with Gasteiger partial charge in [0.25, 0.3) is 5.91 Å². The number of hydrogen-bond donors (Lipinski definition) is 0. The zero-order chi connectivity index (χ0) is 16.2. The number of rotatable bonds is 2. The van der Waals surface area contributed by atoms with Crippen molar-refractivity contribution in [1.82, 2.24) is 4.90 Å². The third kappa shape index (κ3) is 3.81. The zero-order valence-electron chi connectivity index (χ0n) is 13.2. The van der Waals surface area contributed by atoms with Gasteiger partial charge in [0.2, 0.25) is 0 Å². The van der Waals surface area contributed by atoms with Gasteiger partial charge in [0.1, 0.15) is 0 Å². The van der Waals surface area contributed by atoms with E-state index in [2.05, 4.69) is 47.1 Å². The van der Waals surface area contributed by atoms with Crippen LogP contribution in [0.25, 0.3) is 0 Å². The molecule has 0 aromatic heterocycles. The quantitative estimate of drug-likeness (QED) is 0.713. The van der Waals surface area contributed by atoms with Crippen LogP contribution in [0.4, 0.5) is 0 Å². The number of hydrogen-bond acceptors (Lipinski definition) is 2. The molecule has 0 bridgehead atoms. The van der Waals surface area contributed by atoms with Crippen LogP contribution in [0.3, 0.4) is 0 Å². The van der Waals surface area contributed by atoms with Gasteiger partial charge in [-0.25, -0.2) is 0 Å². The number of amides is 1. The van der Waals surface area contributed by atoms with E-state index in [-0.39, 0.29) is 5.91 Å². The monoisotopic (exact) mass is 389 g/mol. The summed E-state index contributed by atoms with van der Waals surface area (Å²) in [5.41, 5.74) is 3.51. The summed E-state index contributed by atoms with van der Waals surface area (Å²) in [7, 11) is 0. The molecule has 1 aliphatic rings. The molecular weight excluding hydrogens is 370 g/mol. The Kier molecular flexibility index (Phi) is 5.44. The summed E-state index contributed by atoms with van der Waals surface area (Å²) < 4.78 is 0.873. The lowest BCUT2D eigenvalue weighted by molar-refractivity contribution is 0.0765. The Balaban J connectivity index is 1.73. The molecule has 2 nitrogen and oxygen atoms in total. The molecule has 1 saturated heterocycles. The average Bonchev–Trinajstić information content (AvgIpc) is 2.81. The number of carbonyl (C=O) groups is 1. The van der Waals surface area contributed by atoms with Crippen LogP contribution in [0.15, 0.2) is 53.0 Å². The van der Waals surface area contributed by atoms with E-state index in [1.807, 2.05) is 40.9 Å². The van der Waals surface area contributed by atoms with Crippen LogP contribution in [0, 0.1) is 6.92 Å². The fourth-order valence-electron chi connectivity index (χ4n) is 2.97. The van der Waals surface area contributed by atoms with Crippen molar-refractivity contribution >= 4 is 33.6 Å². The highest BCUT2D eigenvalue weighted by Gasteiger charge is 2.24. The highest BCUT2D eigenvalue weighted by atomic mass is 79.9. The highest BCUT2D eigenvalue weighted by molar-refractivity contribution is 9.10. The van der Waals surface area contributed by atoms with Crippen LogP contribution in [0.1, 0.15) is 33.2 Å². The Hall–Kier alpha value is -1.26. The maximum Gasteiger partial charge on any atom is 0.255 e. The van der Waals surface area contributed by atoms with Crippen molar-refractivity contribution in [3.05, 3.63) is 69.7 Å². The molecule has 23 heavy (non-hydrogen) atoms. The van der Waals surface area contributed by atoms with Crippen LogP contribution in [-0.4, -0.2) is 29.6 Å². The molecule has 1 heterocycles. The average molecular weight is 390 g/mol. The Bertz CT molecular complexity index is 703. The summed E-state index contributed by atoms with van der Waals surface area (Å²) in [6.45, 7) is 3.80. The van der Waals surface area contributed by atoms with E-state index in [1.165, 1.54) is 11.1 Å². The van der Waals surface area contributed by atoms with Crippen molar-refractivity contribution in [2.24, 2.45) is 0 Å². The van der Waals surface area contributed by atoms with Crippen LogP contribution in [0.5, 0.6) is 0 Å². The lowest BCUT2D eigenvalue weighted by atomic mass is 10.0. The summed E-state index contributed by atoms with van der Waals surface area (Å²) in [6.07, 6.45) is 1.01. The van der Waals surface area contributed by atoms with Gasteiger partial charge >= 0.3 is 0 Å². The summed E-state index contributed by atoms with van der Waals surface area (Å²) in [5.74, 6) is 1.11. The molecule has 0 N–H and O–H groups in total. The van der Waals surface area contributed by atoms with Gasteiger partial charge in [-0.3, -0.25) is 4.79 Å². The molecule has 3 rings (SSSR count). The molecular formula is C19H20BrNOS. The molecule has 1 unspecified atom stereocenters. The van der Waals surface area contributed by atoms with Gasteiger partial charge in [-0.15, -0.1) is 0 Å². The number of carbonyl (C=O) groups excluding carboxylic acids is 1. The molecule has 4 heteroatoms. The summed E-state index contributed by atoms with van der Waals surface area (Å²) in [5, 5.41) is 0.480. The van der Waals surface area contributed by atoms with Crippen LogP contribution in [0.2, 0.25) is 0 Å². The third-order valence-corrected chi connectivity index (χ3v) is 6.27. The summed E-state index contributed by atoms with van der Waals surface area (Å²) in [4.78, 5) is 14.8. The maximum absolute atomic E-state index is 12.8. The maximum atomic E-state index is 12.8. The fourth-order valence-corrected chi connectivity index (χ4v) is 4.76. The molecule has 0 saturated carbocycles. The molecule has 1 fully saturated rings. The first-order chi connectivity index (χ1) is 11.2. The predicted molar refractivity (Wildman–Crippen MR) is 101 cm³/mol. The molecule has 1 amide bonds. The van der Waals surface area contributed by atoms with Crippen LogP contribution in [-0.2, 0) is 0 Å². The molecule has 1 atom stereocenters. The molecule has 0 aliphatic carbocycles. The van der Waals surface area contributed by atoms with Crippen molar-refractivity contribution < 1.29 is 4.79 Å². The van der Waals surface area contributed by atoms with E-state index in [1.54, 1.807) is 0 Å². The first-order valence-electron chi connectivity index (χ1n) is 7.88. The second-order valence-corrected chi connectivity index (χ2v) is 7.94. The highest BCUT2D eigenvalue weighted by Crippen LogP contribution is 2.36. The molecule has 0 spiro atoms. The first kappa shape index (κ1) is 16.6. The minimum Gasteiger partial charge on any atom is -0.338 e. The summed E-state index contributed by atoms with van der Waals surface area (Å²) in [6, 6.07) is 16.3. The second-order valence-electron chi connectivity index (χ2n) is 5.78. The third-order valence-electron chi connectivity index (χ3n) is 4.27. The number of thioether (sulfide) groups is 1. The van der Waals surface area contributed by atoms with Crippen LogP contribution >= 0.6 is 27.7 Å². The minimum atomic E-state index is 0.128. The van der Waals surface area contributed by atoms with Gasteiger partial charge in [0, 0.05) is 28.6 Å². The molecule has 0 radical (unpaired) electrons. The molecule has 2 aromatic rings. The topological polar surface area (TPSA) is 20.3 Å². The van der Waals surface area contributed by atoms with E-state index in [0.717, 1.165) is 35.3 Å². The Morgan fingerprint density at radius 2 is 1.87 bits per heavy atom.